The van der Waals surface area contributed by atoms with Gasteiger partial charge in [-0.2, -0.15) is 20.6 Å². The molecule has 0 radical (unpaired) electrons. The summed E-state index contributed by atoms with van der Waals surface area (Å²) in [5, 5.41) is 26.7. The smallest absolute Gasteiger partial charge is 0.251 e. The number of imidazole rings is 1. The molecule has 1 atom stereocenters. The van der Waals surface area contributed by atoms with Crippen LogP contribution in [-0.4, -0.2) is 33.6 Å². The van der Waals surface area contributed by atoms with Gasteiger partial charge in [0.15, 0.2) is 11.4 Å². The van der Waals surface area contributed by atoms with Crippen molar-refractivity contribution in [2.75, 3.05) is 13.1 Å². The summed E-state index contributed by atoms with van der Waals surface area (Å²) in [6.45, 7) is 8.48. The topological polar surface area (TPSA) is 93.4 Å². The van der Waals surface area contributed by atoms with E-state index in [9.17, 15) is 0 Å². The highest BCUT2D eigenvalue weighted by Crippen LogP contribution is 2.23. The van der Waals surface area contributed by atoms with Crippen LogP contribution in [0.2, 0.25) is 0 Å². The molecular formula is C22H29N7. The van der Waals surface area contributed by atoms with E-state index >= 15 is 0 Å². The molecule has 1 aromatic heterocycles. The standard InChI is InChI=1S/C19H21N7.C3H8/c1-14-11-15(26-9-4-3-5-10-26)7-6-8-16(14)23-24-19-22-17(12-20)18(13-21)25(19)2;1-3-2/h6-8,11,16H,3-5,9-10H2,1-2H3;3H2,1-2H3. The number of piperidine rings is 1. The van der Waals surface area contributed by atoms with E-state index in [2.05, 4.69) is 46.1 Å². The van der Waals surface area contributed by atoms with Gasteiger partial charge in [-0.05, 0) is 43.9 Å². The molecule has 1 aromatic rings. The molecular weight excluding hydrogens is 362 g/mol. The van der Waals surface area contributed by atoms with Crippen LogP contribution in [0.4, 0.5) is 5.95 Å². The van der Waals surface area contributed by atoms with Crippen molar-refractivity contribution in [2.24, 2.45) is 17.3 Å². The molecule has 0 N–H and O–H groups in total. The highest BCUT2D eigenvalue weighted by Gasteiger charge is 2.17. The summed E-state index contributed by atoms with van der Waals surface area (Å²) >= 11 is 0. The van der Waals surface area contributed by atoms with Crippen molar-refractivity contribution < 1.29 is 0 Å². The third-order valence-corrected chi connectivity index (χ3v) is 4.68. The normalized spacial score (nSPS) is 18.8. The predicted octanol–water partition coefficient (Wildman–Crippen LogP) is 4.92. The first-order valence-corrected chi connectivity index (χ1v) is 10.1. The maximum absolute atomic E-state index is 9.13. The zero-order chi connectivity index (χ0) is 21.2. The Morgan fingerprint density at radius 1 is 1.17 bits per heavy atom. The largest absolute Gasteiger partial charge is 0.372 e. The van der Waals surface area contributed by atoms with Crippen molar-refractivity contribution in [1.82, 2.24) is 14.5 Å². The summed E-state index contributed by atoms with van der Waals surface area (Å²) < 4.78 is 1.49. The molecule has 1 saturated heterocycles. The minimum atomic E-state index is -0.193. The van der Waals surface area contributed by atoms with Gasteiger partial charge in [-0.3, -0.25) is 0 Å². The van der Waals surface area contributed by atoms with Gasteiger partial charge in [0.2, 0.25) is 0 Å². The fourth-order valence-electron chi connectivity index (χ4n) is 3.15. The van der Waals surface area contributed by atoms with Crippen molar-refractivity contribution in [2.45, 2.75) is 52.5 Å². The average molecular weight is 392 g/mol. The predicted molar refractivity (Wildman–Crippen MR) is 113 cm³/mol. The SMILES string of the molecule is CC1=CC(N2CCCCC2)=CC=CC1N=Nc1nc(C#N)c(C#N)n1C.CCC. The molecule has 7 heteroatoms. The van der Waals surface area contributed by atoms with E-state index in [1.807, 2.05) is 31.2 Å². The van der Waals surface area contributed by atoms with E-state index in [-0.39, 0.29) is 23.4 Å². The zero-order valence-electron chi connectivity index (χ0n) is 17.8. The van der Waals surface area contributed by atoms with Crippen LogP contribution in [-0.2, 0) is 7.05 Å². The van der Waals surface area contributed by atoms with Crippen LogP contribution in [0.1, 0.15) is 57.8 Å². The van der Waals surface area contributed by atoms with Crippen LogP contribution in [0, 0.1) is 22.7 Å². The Morgan fingerprint density at radius 3 is 2.45 bits per heavy atom. The van der Waals surface area contributed by atoms with Gasteiger partial charge in [0.05, 0.1) is 0 Å². The molecule has 1 fully saturated rings. The van der Waals surface area contributed by atoms with Gasteiger partial charge in [-0.25, -0.2) is 0 Å². The summed E-state index contributed by atoms with van der Waals surface area (Å²) in [6.07, 6.45) is 13.3. The van der Waals surface area contributed by atoms with Crippen molar-refractivity contribution >= 4 is 5.95 Å². The van der Waals surface area contributed by atoms with Gasteiger partial charge in [0, 0.05) is 25.8 Å². The number of azo groups is 1. The van der Waals surface area contributed by atoms with Crippen LogP contribution in [0.5, 0.6) is 0 Å². The molecule has 1 unspecified atom stereocenters. The lowest BCUT2D eigenvalue weighted by Gasteiger charge is -2.29. The lowest BCUT2D eigenvalue weighted by atomic mass is 10.1. The highest BCUT2D eigenvalue weighted by molar-refractivity contribution is 5.43. The Balaban J connectivity index is 0.000000941. The van der Waals surface area contributed by atoms with E-state index in [4.69, 9.17) is 10.5 Å². The lowest BCUT2D eigenvalue weighted by molar-refractivity contribution is 0.293. The molecule has 0 saturated carbocycles. The number of rotatable bonds is 3. The summed E-state index contributed by atoms with van der Waals surface area (Å²) in [5.41, 5.74) is 2.57. The van der Waals surface area contributed by atoms with E-state index in [0.29, 0.717) is 0 Å². The van der Waals surface area contributed by atoms with E-state index in [1.54, 1.807) is 7.05 Å². The van der Waals surface area contributed by atoms with Crippen LogP contribution < -0.4 is 0 Å². The second kappa shape index (κ2) is 11.0. The molecule has 2 heterocycles. The number of aromatic nitrogens is 2. The Labute approximate surface area is 173 Å². The number of nitrogens with zero attached hydrogens (tertiary/aromatic N) is 7. The summed E-state index contributed by atoms with van der Waals surface area (Å²) in [5.74, 6) is 0.257. The average Bonchev–Trinajstić information content (AvgIpc) is 2.92. The molecule has 152 valence electrons. The van der Waals surface area contributed by atoms with Crippen LogP contribution in [0.15, 0.2) is 45.8 Å². The third-order valence-electron chi connectivity index (χ3n) is 4.68. The van der Waals surface area contributed by atoms with Gasteiger partial charge in [0.25, 0.3) is 5.95 Å². The fourth-order valence-corrected chi connectivity index (χ4v) is 3.15. The Morgan fingerprint density at radius 2 is 1.86 bits per heavy atom. The first kappa shape index (κ1) is 22.1. The van der Waals surface area contributed by atoms with Gasteiger partial charge in [-0.15, -0.1) is 5.11 Å². The molecule has 0 amide bonds. The fraction of sp³-hybridized carbons (Fsp3) is 0.500. The number of hydrogen-bond acceptors (Lipinski definition) is 6. The maximum Gasteiger partial charge on any atom is 0.251 e. The van der Waals surface area contributed by atoms with E-state index in [0.717, 1.165) is 18.7 Å². The van der Waals surface area contributed by atoms with E-state index in [1.165, 1.54) is 35.9 Å². The van der Waals surface area contributed by atoms with Gasteiger partial charge >= 0.3 is 0 Å². The van der Waals surface area contributed by atoms with Crippen molar-refractivity contribution in [3.63, 3.8) is 0 Å². The van der Waals surface area contributed by atoms with Gasteiger partial charge < -0.3 is 9.47 Å². The van der Waals surface area contributed by atoms with Crippen LogP contribution in [0.25, 0.3) is 0 Å². The van der Waals surface area contributed by atoms with Crippen molar-refractivity contribution in [1.29, 1.82) is 10.5 Å². The molecule has 1 aliphatic carbocycles. The number of allylic oxidation sites excluding steroid dienone is 3. The summed E-state index contributed by atoms with van der Waals surface area (Å²) in [7, 11) is 1.66. The first-order valence-electron chi connectivity index (χ1n) is 10.1. The third kappa shape index (κ3) is 5.65. The molecule has 0 aromatic carbocycles. The quantitative estimate of drug-likeness (QED) is 0.684. The second-order valence-corrected chi connectivity index (χ2v) is 7.17. The molecule has 1 aliphatic heterocycles. The Hall–Kier alpha value is -3.19. The Bertz CT molecular complexity index is 897. The summed E-state index contributed by atoms with van der Waals surface area (Å²) in [6, 6.07) is 3.69. The van der Waals surface area contributed by atoms with Crippen molar-refractivity contribution in [3.05, 3.63) is 47.0 Å². The molecule has 0 bridgehead atoms. The minimum absolute atomic E-state index is 0.0710. The van der Waals surface area contributed by atoms with Crippen LogP contribution >= 0.6 is 0 Å². The molecule has 29 heavy (non-hydrogen) atoms. The maximum atomic E-state index is 9.13. The van der Waals surface area contributed by atoms with E-state index < -0.39 is 0 Å². The molecule has 7 nitrogen and oxygen atoms in total. The molecule has 0 spiro atoms. The molecule has 3 rings (SSSR count). The molecule has 2 aliphatic rings. The van der Waals surface area contributed by atoms with Crippen LogP contribution in [0.3, 0.4) is 0 Å². The van der Waals surface area contributed by atoms with Gasteiger partial charge in [-0.1, -0.05) is 32.4 Å². The second-order valence-electron chi connectivity index (χ2n) is 7.17. The van der Waals surface area contributed by atoms with Crippen molar-refractivity contribution in [3.8, 4) is 12.1 Å². The number of nitriles is 2. The Kier molecular flexibility index (Phi) is 8.36. The minimum Gasteiger partial charge on any atom is -0.372 e. The monoisotopic (exact) mass is 391 g/mol. The summed E-state index contributed by atoms with van der Waals surface area (Å²) in [4.78, 5) is 6.49. The number of hydrogen-bond donors (Lipinski definition) is 0. The first-order chi connectivity index (χ1) is 14.0. The lowest BCUT2D eigenvalue weighted by Crippen LogP contribution is -2.28. The van der Waals surface area contributed by atoms with Gasteiger partial charge in [0.1, 0.15) is 18.2 Å². The zero-order valence-corrected chi connectivity index (χ0v) is 17.8. The highest BCUT2D eigenvalue weighted by atomic mass is 15.3. The number of likely N-dealkylation sites (tertiary alicyclic amines) is 1.